The second-order valence-corrected chi connectivity index (χ2v) is 4.60. The molecule has 14 heavy (non-hydrogen) atoms. The van der Waals surface area contributed by atoms with E-state index in [2.05, 4.69) is 31.4 Å². The number of hydrogen-bond acceptors (Lipinski definition) is 2. The second kappa shape index (κ2) is 3.62. The van der Waals surface area contributed by atoms with E-state index in [9.17, 15) is 0 Å². The van der Waals surface area contributed by atoms with Gasteiger partial charge >= 0.3 is 0 Å². The molecule has 0 radical (unpaired) electrons. The second-order valence-electron chi connectivity index (χ2n) is 3.68. The Morgan fingerprint density at radius 3 is 2.93 bits per heavy atom. The van der Waals surface area contributed by atoms with Crippen LogP contribution in [-0.4, -0.2) is 0 Å². The Labute approximate surface area is 88.6 Å². The molecule has 0 aliphatic carbocycles. The van der Waals surface area contributed by atoms with Crippen molar-refractivity contribution in [3.05, 3.63) is 28.6 Å². The molecule has 1 aromatic carbocycles. The summed E-state index contributed by atoms with van der Waals surface area (Å²) < 4.78 is 1.34. The first-order chi connectivity index (χ1) is 6.74. The standard InChI is InChI=1S/C12H15NS/c1-3-4-9-7-8(2)12-10(11(9)13)5-6-14-12/h5-7H,3-4,13H2,1-2H3. The van der Waals surface area contributed by atoms with Crippen LogP contribution in [0.5, 0.6) is 0 Å². The summed E-state index contributed by atoms with van der Waals surface area (Å²) in [6.07, 6.45) is 2.23. The highest BCUT2D eigenvalue weighted by atomic mass is 32.1. The highest BCUT2D eigenvalue weighted by Gasteiger charge is 2.07. The summed E-state index contributed by atoms with van der Waals surface area (Å²) in [5.74, 6) is 0. The van der Waals surface area contributed by atoms with Gasteiger partial charge in [0.2, 0.25) is 0 Å². The van der Waals surface area contributed by atoms with Crippen LogP contribution in [0.1, 0.15) is 24.5 Å². The number of hydrogen-bond donors (Lipinski definition) is 1. The number of fused-ring (bicyclic) bond motifs is 1. The predicted octanol–water partition coefficient (Wildman–Crippen LogP) is 3.74. The van der Waals surface area contributed by atoms with Gasteiger partial charge < -0.3 is 5.73 Å². The van der Waals surface area contributed by atoms with Crippen LogP contribution in [0.2, 0.25) is 0 Å². The lowest BCUT2D eigenvalue weighted by Gasteiger charge is -2.07. The number of aryl methyl sites for hydroxylation is 2. The van der Waals surface area contributed by atoms with Crippen molar-refractivity contribution in [1.29, 1.82) is 0 Å². The first kappa shape index (κ1) is 9.53. The highest BCUT2D eigenvalue weighted by Crippen LogP contribution is 2.32. The van der Waals surface area contributed by atoms with Crippen LogP contribution in [0.15, 0.2) is 17.5 Å². The Hall–Kier alpha value is -1.02. The van der Waals surface area contributed by atoms with Crippen LogP contribution in [-0.2, 0) is 6.42 Å². The van der Waals surface area contributed by atoms with Crippen LogP contribution in [0, 0.1) is 6.92 Å². The molecule has 2 N–H and O–H groups in total. The zero-order valence-corrected chi connectivity index (χ0v) is 9.45. The molecule has 1 aromatic heterocycles. The third-order valence-corrected chi connectivity index (χ3v) is 3.62. The zero-order chi connectivity index (χ0) is 10.1. The van der Waals surface area contributed by atoms with E-state index in [0.717, 1.165) is 18.5 Å². The summed E-state index contributed by atoms with van der Waals surface area (Å²) in [5.41, 5.74) is 9.76. The van der Waals surface area contributed by atoms with E-state index in [4.69, 9.17) is 5.73 Å². The summed E-state index contributed by atoms with van der Waals surface area (Å²) in [6, 6.07) is 4.36. The molecular weight excluding hydrogens is 190 g/mol. The third-order valence-electron chi connectivity index (χ3n) is 2.57. The SMILES string of the molecule is CCCc1cc(C)c2sccc2c1N. The topological polar surface area (TPSA) is 26.0 Å². The number of nitrogens with two attached hydrogens (primary N) is 1. The molecule has 0 spiro atoms. The van der Waals surface area contributed by atoms with Crippen LogP contribution in [0.25, 0.3) is 10.1 Å². The minimum absolute atomic E-state index is 0.980. The van der Waals surface area contributed by atoms with Crippen molar-refractivity contribution in [1.82, 2.24) is 0 Å². The van der Waals surface area contributed by atoms with Crippen molar-refractivity contribution in [2.45, 2.75) is 26.7 Å². The van der Waals surface area contributed by atoms with Crippen molar-refractivity contribution < 1.29 is 0 Å². The van der Waals surface area contributed by atoms with Crippen molar-refractivity contribution in [2.24, 2.45) is 0 Å². The fourth-order valence-electron chi connectivity index (χ4n) is 1.88. The smallest absolute Gasteiger partial charge is 0.0435 e. The molecule has 0 amide bonds. The summed E-state index contributed by atoms with van der Waals surface area (Å²) in [6.45, 7) is 4.35. The summed E-state index contributed by atoms with van der Waals surface area (Å²) in [7, 11) is 0. The van der Waals surface area contributed by atoms with E-state index in [-0.39, 0.29) is 0 Å². The van der Waals surface area contributed by atoms with Crippen molar-refractivity contribution >= 4 is 27.1 Å². The maximum Gasteiger partial charge on any atom is 0.0435 e. The molecule has 0 unspecified atom stereocenters. The summed E-state index contributed by atoms with van der Waals surface area (Å²) in [4.78, 5) is 0. The Bertz CT molecular complexity index is 457. The number of benzene rings is 1. The number of thiophene rings is 1. The van der Waals surface area contributed by atoms with E-state index in [1.807, 2.05) is 0 Å². The van der Waals surface area contributed by atoms with Gasteiger partial charge in [-0.1, -0.05) is 19.4 Å². The van der Waals surface area contributed by atoms with Gasteiger partial charge in [-0.25, -0.2) is 0 Å². The monoisotopic (exact) mass is 205 g/mol. The molecule has 2 aromatic rings. The number of anilines is 1. The minimum atomic E-state index is 0.980. The summed E-state index contributed by atoms with van der Waals surface area (Å²) in [5, 5.41) is 3.35. The van der Waals surface area contributed by atoms with Gasteiger partial charge in [-0.3, -0.25) is 0 Å². The van der Waals surface area contributed by atoms with Gasteiger partial charge in [0.15, 0.2) is 0 Å². The quantitative estimate of drug-likeness (QED) is 0.742. The number of rotatable bonds is 2. The molecule has 1 heterocycles. The fraction of sp³-hybridized carbons (Fsp3) is 0.333. The Morgan fingerprint density at radius 2 is 2.21 bits per heavy atom. The fourth-order valence-corrected chi connectivity index (χ4v) is 2.77. The van der Waals surface area contributed by atoms with E-state index >= 15 is 0 Å². The summed E-state index contributed by atoms with van der Waals surface area (Å²) >= 11 is 1.77. The number of nitrogen functional groups attached to an aromatic ring is 1. The molecule has 0 bridgehead atoms. The molecular formula is C12H15NS. The average molecular weight is 205 g/mol. The predicted molar refractivity (Wildman–Crippen MR) is 65.0 cm³/mol. The maximum absolute atomic E-state index is 6.13. The zero-order valence-electron chi connectivity index (χ0n) is 8.63. The van der Waals surface area contributed by atoms with Crippen molar-refractivity contribution in [2.75, 3.05) is 5.73 Å². The lowest BCUT2D eigenvalue weighted by Crippen LogP contribution is -1.95. The Balaban J connectivity index is 2.68. The molecule has 1 nitrogen and oxygen atoms in total. The average Bonchev–Trinajstić information content (AvgIpc) is 2.63. The lowest BCUT2D eigenvalue weighted by molar-refractivity contribution is 0.925. The Morgan fingerprint density at radius 1 is 1.43 bits per heavy atom. The van der Waals surface area contributed by atoms with Crippen LogP contribution in [0.3, 0.4) is 0 Å². The van der Waals surface area contributed by atoms with Gasteiger partial charge in [-0.15, -0.1) is 11.3 Å². The first-order valence-electron chi connectivity index (χ1n) is 4.99. The molecule has 0 atom stereocenters. The highest BCUT2D eigenvalue weighted by molar-refractivity contribution is 7.17. The van der Waals surface area contributed by atoms with Gasteiger partial charge in [0.25, 0.3) is 0 Å². The molecule has 2 rings (SSSR count). The minimum Gasteiger partial charge on any atom is -0.398 e. The maximum atomic E-state index is 6.13. The molecule has 0 saturated heterocycles. The van der Waals surface area contributed by atoms with Gasteiger partial charge in [-0.05, 0) is 35.9 Å². The molecule has 0 aliphatic heterocycles. The molecule has 74 valence electrons. The van der Waals surface area contributed by atoms with Gasteiger partial charge in [0, 0.05) is 15.8 Å². The molecule has 2 heteroatoms. The third kappa shape index (κ3) is 1.40. The van der Waals surface area contributed by atoms with Gasteiger partial charge in [-0.2, -0.15) is 0 Å². The first-order valence-corrected chi connectivity index (χ1v) is 5.87. The van der Waals surface area contributed by atoms with Crippen molar-refractivity contribution in [3.8, 4) is 0 Å². The Kier molecular flexibility index (Phi) is 2.46. The largest absolute Gasteiger partial charge is 0.398 e. The molecule has 0 saturated carbocycles. The normalized spacial score (nSPS) is 11.0. The van der Waals surface area contributed by atoms with E-state index in [1.165, 1.54) is 21.2 Å². The van der Waals surface area contributed by atoms with Crippen LogP contribution >= 0.6 is 11.3 Å². The van der Waals surface area contributed by atoms with E-state index < -0.39 is 0 Å². The lowest BCUT2D eigenvalue weighted by atomic mass is 10.0. The van der Waals surface area contributed by atoms with Gasteiger partial charge in [0.1, 0.15) is 0 Å². The molecule has 0 aliphatic rings. The van der Waals surface area contributed by atoms with Crippen LogP contribution < -0.4 is 5.73 Å². The molecule has 0 fully saturated rings. The van der Waals surface area contributed by atoms with E-state index in [0.29, 0.717) is 0 Å². The van der Waals surface area contributed by atoms with Crippen LogP contribution in [0.4, 0.5) is 5.69 Å². The van der Waals surface area contributed by atoms with Crippen molar-refractivity contribution in [3.63, 3.8) is 0 Å². The van der Waals surface area contributed by atoms with Gasteiger partial charge in [0.05, 0.1) is 0 Å². The van der Waals surface area contributed by atoms with E-state index in [1.54, 1.807) is 11.3 Å².